The van der Waals surface area contributed by atoms with Crippen molar-refractivity contribution in [2.45, 2.75) is 125 Å². The molecule has 9 aromatic rings. The molecule has 6 aromatic carbocycles. The molecule has 1 fully saturated rings. The molecule has 0 aliphatic heterocycles. The Labute approximate surface area is 431 Å². The maximum atomic E-state index is 9.03. The van der Waals surface area contributed by atoms with E-state index in [1.54, 1.807) is 12.1 Å². The molecule has 1 aliphatic carbocycles. The molecule has 0 spiro atoms. The molecule has 68 heavy (non-hydrogen) atoms. The summed E-state index contributed by atoms with van der Waals surface area (Å²) < 4.78 is 45.7. The molecule has 1 aliphatic rings. The Kier molecular flexibility index (Phi) is 13.0. The number of pyridine rings is 1. The van der Waals surface area contributed by atoms with Crippen LogP contribution in [0, 0.1) is 45.7 Å². The van der Waals surface area contributed by atoms with Crippen LogP contribution < -0.4 is 5.19 Å². The van der Waals surface area contributed by atoms with E-state index in [2.05, 4.69) is 175 Å². The fraction of sp³-hybridized carbons (Fsp3) is 0.323. The summed E-state index contributed by atoms with van der Waals surface area (Å²) in [5, 5.41) is 3.76. The Bertz CT molecular complexity index is 3410. The van der Waals surface area contributed by atoms with E-state index in [0.29, 0.717) is 23.1 Å². The van der Waals surface area contributed by atoms with Crippen LogP contribution in [0.5, 0.6) is 0 Å². The molecular formula is C62H67IrN3SSi-2. The first-order valence-electron chi connectivity index (χ1n) is 26.7. The van der Waals surface area contributed by atoms with Crippen LogP contribution in [0.15, 0.2) is 115 Å². The summed E-state index contributed by atoms with van der Waals surface area (Å²) in [6, 6.07) is 44.4. The third-order valence-corrected chi connectivity index (χ3v) is 16.6. The smallest absolute Gasteiger partial charge is 0.0798 e. The average Bonchev–Trinajstić information content (AvgIpc) is 3.93. The second-order valence-electron chi connectivity index (χ2n) is 20.4. The molecule has 0 bridgehead atoms. The number of para-hydroxylation sites is 2. The molecule has 3 nitrogen and oxygen atoms in total. The normalized spacial score (nSPS) is 14.9. The van der Waals surface area contributed by atoms with Gasteiger partial charge in [-0.2, -0.15) is 11.3 Å². The van der Waals surface area contributed by atoms with Crippen molar-refractivity contribution in [1.82, 2.24) is 14.5 Å². The number of fused-ring (bicyclic) bond motifs is 4. The molecule has 0 atom stereocenters. The minimum Gasteiger partial charge on any atom is -0.333 e. The van der Waals surface area contributed by atoms with Gasteiger partial charge in [-0.15, -0.1) is 53.1 Å². The zero-order valence-corrected chi connectivity index (χ0v) is 45.5. The van der Waals surface area contributed by atoms with E-state index in [9.17, 15) is 0 Å². The zero-order chi connectivity index (χ0) is 51.4. The van der Waals surface area contributed by atoms with E-state index in [0.717, 1.165) is 58.9 Å². The first-order valence-corrected chi connectivity index (χ1v) is 28.5. The SMILES string of the molecule is Cc1cc(C)c2c(c1)sc1c(-c3nc4ccccc4n3-c3c(C(C)C)cc(-c4ccccc4)cc3C(C)C)[c-]cc(C)c12.[2H]C([2H])([2H])c1c[c-]c(-c2cc(C([2H])([2H])C3CCCCC3)c([Si](C)(C)C)cn2)cc1.[Ir]. The standard InChI is InChI=1S/C40H37N2S.C22H30NSi.Ir/c1-23(2)31-21-29(28-13-9-8-10-14-28)22-32(24(3)4)38(31)42-34-16-12-11-15-33(34)41-40(42)30-18-17-26(6)37-36-27(7)19-25(5)20-35(36)43-39(30)37;1-17-10-12-19(13-11-17)21-15-20(14-18-8-6-5-7-9-18)22(16-23-21)24(2,3)4;/h8-17,19-24H,1-7H3;10-12,15-16,18H,5-9,14H2,1-4H3;/q2*-1;/i;1D3,14D2;. The quantitative estimate of drug-likeness (QED) is 0.107. The Balaban J connectivity index is 0.000000208. The fourth-order valence-electron chi connectivity index (χ4n) is 10.0. The Morgan fingerprint density at radius 2 is 1.47 bits per heavy atom. The molecule has 1 radical (unpaired) electrons. The predicted molar refractivity (Wildman–Crippen MR) is 293 cm³/mol. The monoisotopic (exact) mass is 1110 g/mol. The van der Waals surface area contributed by atoms with Gasteiger partial charge in [0.2, 0.25) is 0 Å². The van der Waals surface area contributed by atoms with E-state index >= 15 is 0 Å². The van der Waals surface area contributed by atoms with Crippen molar-refractivity contribution in [3.8, 4) is 39.5 Å². The van der Waals surface area contributed by atoms with E-state index in [1.165, 1.54) is 77.3 Å². The van der Waals surface area contributed by atoms with Crippen LogP contribution in [0.3, 0.4) is 0 Å². The second kappa shape index (κ2) is 20.5. The Morgan fingerprint density at radius 3 is 2.13 bits per heavy atom. The molecule has 3 heterocycles. The number of aryl methyl sites for hydroxylation is 4. The van der Waals surface area contributed by atoms with Crippen molar-refractivity contribution in [3.05, 3.63) is 166 Å². The van der Waals surface area contributed by atoms with Gasteiger partial charge in [0.25, 0.3) is 0 Å². The van der Waals surface area contributed by atoms with Gasteiger partial charge >= 0.3 is 0 Å². The van der Waals surface area contributed by atoms with E-state index in [-0.39, 0.29) is 31.6 Å². The first-order chi connectivity index (χ1) is 34.1. The fourth-order valence-corrected chi connectivity index (χ4v) is 12.9. The van der Waals surface area contributed by atoms with Crippen molar-refractivity contribution < 1.29 is 27.0 Å². The largest absolute Gasteiger partial charge is 0.333 e. The summed E-state index contributed by atoms with van der Waals surface area (Å²) in [4.78, 5) is 9.99. The van der Waals surface area contributed by atoms with Gasteiger partial charge in [0.15, 0.2) is 0 Å². The van der Waals surface area contributed by atoms with Gasteiger partial charge in [-0.1, -0.05) is 164 Å². The second-order valence-corrected chi connectivity index (χ2v) is 26.5. The summed E-state index contributed by atoms with van der Waals surface area (Å²) in [7, 11) is -1.80. The molecule has 0 saturated heterocycles. The van der Waals surface area contributed by atoms with Crippen molar-refractivity contribution in [1.29, 1.82) is 0 Å². The van der Waals surface area contributed by atoms with Crippen LogP contribution in [-0.2, 0) is 26.5 Å². The third kappa shape index (κ3) is 10.0. The summed E-state index contributed by atoms with van der Waals surface area (Å²) in [5.74, 6) is 1.64. The van der Waals surface area contributed by atoms with Gasteiger partial charge in [-0.25, -0.2) is 0 Å². The molecule has 6 heteroatoms. The number of aromatic nitrogens is 3. The molecular weight excluding hydrogens is 1040 g/mol. The molecule has 3 aromatic heterocycles. The van der Waals surface area contributed by atoms with Crippen LogP contribution in [0.1, 0.15) is 117 Å². The van der Waals surface area contributed by atoms with Crippen LogP contribution in [0.25, 0.3) is 70.7 Å². The molecule has 351 valence electrons. The summed E-state index contributed by atoms with van der Waals surface area (Å²) >= 11 is 1.88. The molecule has 0 unspecified atom stereocenters. The number of thiophene rings is 1. The first kappa shape index (κ1) is 43.1. The van der Waals surface area contributed by atoms with Gasteiger partial charge in [-0.05, 0) is 123 Å². The van der Waals surface area contributed by atoms with Crippen LogP contribution >= 0.6 is 11.3 Å². The maximum absolute atomic E-state index is 9.03. The van der Waals surface area contributed by atoms with Crippen molar-refractivity contribution >= 4 is 55.8 Å². The molecule has 0 N–H and O–H groups in total. The van der Waals surface area contributed by atoms with Crippen LogP contribution in [-0.4, -0.2) is 22.6 Å². The molecule has 10 rings (SSSR count). The number of benzene rings is 6. The number of hydrogen-bond acceptors (Lipinski definition) is 3. The van der Waals surface area contributed by atoms with Crippen molar-refractivity contribution in [3.63, 3.8) is 0 Å². The topological polar surface area (TPSA) is 30.7 Å². The van der Waals surface area contributed by atoms with Crippen LogP contribution in [0.4, 0.5) is 0 Å². The number of nitrogens with zero attached hydrogens (tertiary/aromatic N) is 3. The van der Waals surface area contributed by atoms with Crippen molar-refractivity contribution in [2.75, 3.05) is 0 Å². The minimum atomic E-state index is -2.16. The zero-order valence-electron chi connectivity index (χ0n) is 46.3. The van der Waals surface area contributed by atoms with Crippen molar-refractivity contribution in [2.24, 2.45) is 5.92 Å². The predicted octanol–water partition coefficient (Wildman–Crippen LogP) is 17.2. The Morgan fingerprint density at radius 1 is 0.765 bits per heavy atom. The number of imidazole rings is 1. The van der Waals surface area contributed by atoms with E-state index in [1.807, 2.05) is 23.6 Å². The van der Waals surface area contributed by atoms with E-state index in [4.69, 9.17) is 11.8 Å². The minimum absolute atomic E-state index is 0. The summed E-state index contributed by atoms with van der Waals surface area (Å²) in [6.45, 7) is 20.4. The third-order valence-electron chi connectivity index (χ3n) is 13.5. The summed E-state index contributed by atoms with van der Waals surface area (Å²) in [6.07, 6.45) is 5.68. The molecule has 1 saturated carbocycles. The van der Waals surface area contributed by atoms with Gasteiger partial charge in [0.1, 0.15) is 0 Å². The maximum Gasteiger partial charge on any atom is 0.0798 e. The number of hydrogen-bond donors (Lipinski definition) is 0. The molecule has 0 amide bonds. The average molecular weight is 1110 g/mol. The summed E-state index contributed by atoms with van der Waals surface area (Å²) in [5.41, 5.74) is 15.9. The van der Waals surface area contributed by atoms with Gasteiger partial charge in [0, 0.05) is 43.5 Å². The van der Waals surface area contributed by atoms with Gasteiger partial charge in [-0.3, -0.25) is 4.98 Å². The van der Waals surface area contributed by atoms with Crippen LogP contribution in [0.2, 0.25) is 19.6 Å². The Hall–Kier alpha value is -4.97. The van der Waals surface area contributed by atoms with Gasteiger partial charge in [0.05, 0.1) is 24.9 Å². The van der Waals surface area contributed by atoms with E-state index < -0.39 is 21.3 Å². The number of rotatable bonds is 9. The van der Waals surface area contributed by atoms with Gasteiger partial charge < -0.3 is 9.55 Å².